The Bertz CT molecular complexity index is 958. The van der Waals surface area contributed by atoms with Crippen LogP contribution in [0.1, 0.15) is 42.5 Å². The molecule has 2 amide bonds. The predicted molar refractivity (Wildman–Crippen MR) is 116 cm³/mol. The van der Waals surface area contributed by atoms with Crippen LogP contribution in [0.15, 0.2) is 24.4 Å². The van der Waals surface area contributed by atoms with Crippen LogP contribution in [0.2, 0.25) is 0 Å². The molecular formula is C22H30N6O3. The summed E-state index contributed by atoms with van der Waals surface area (Å²) in [4.78, 5) is 35.9. The lowest BCUT2D eigenvalue weighted by atomic mass is 10.0. The van der Waals surface area contributed by atoms with Gasteiger partial charge in [-0.3, -0.25) is 9.48 Å². The maximum absolute atomic E-state index is 13.3. The zero-order chi connectivity index (χ0) is 22.2. The SMILES string of the molecule is Cn1nc(C(=O)N2CCN(c3ccccn3)CC2)c2c1CCN(C(=O)OC(C)(C)C)C2. The van der Waals surface area contributed by atoms with Crippen molar-refractivity contribution in [2.45, 2.75) is 39.3 Å². The summed E-state index contributed by atoms with van der Waals surface area (Å²) >= 11 is 0. The van der Waals surface area contributed by atoms with Gasteiger partial charge in [0, 0.05) is 63.6 Å². The first-order valence-electron chi connectivity index (χ1n) is 10.7. The molecule has 0 saturated carbocycles. The van der Waals surface area contributed by atoms with E-state index in [2.05, 4.69) is 15.0 Å². The lowest BCUT2D eigenvalue weighted by molar-refractivity contribution is 0.0221. The molecule has 0 spiro atoms. The molecule has 4 rings (SSSR count). The van der Waals surface area contributed by atoms with Gasteiger partial charge in [-0.15, -0.1) is 0 Å². The lowest BCUT2D eigenvalue weighted by Crippen LogP contribution is -2.49. The molecular weight excluding hydrogens is 396 g/mol. The molecule has 0 aromatic carbocycles. The summed E-state index contributed by atoms with van der Waals surface area (Å²) in [6.07, 6.45) is 2.08. The summed E-state index contributed by atoms with van der Waals surface area (Å²) in [5.41, 5.74) is 1.72. The third kappa shape index (κ3) is 4.50. The number of piperazine rings is 1. The number of hydrogen-bond donors (Lipinski definition) is 0. The number of carbonyl (C=O) groups excluding carboxylic acids is 2. The minimum Gasteiger partial charge on any atom is -0.444 e. The Hall–Kier alpha value is -3.10. The molecule has 2 aliphatic heterocycles. The molecule has 1 saturated heterocycles. The number of anilines is 1. The maximum Gasteiger partial charge on any atom is 0.410 e. The molecule has 0 N–H and O–H groups in total. The van der Waals surface area contributed by atoms with E-state index in [4.69, 9.17) is 4.74 Å². The third-order valence-corrected chi connectivity index (χ3v) is 5.64. The second-order valence-corrected chi connectivity index (χ2v) is 9.02. The van der Waals surface area contributed by atoms with Crippen molar-refractivity contribution in [2.24, 2.45) is 7.05 Å². The molecule has 0 radical (unpaired) electrons. The van der Waals surface area contributed by atoms with E-state index in [1.165, 1.54) is 0 Å². The highest BCUT2D eigenvalue weighted by atomic mass is 16.6. The first-order valence-corrected chi connectivity index (χ1v) is 10.7. The van der Waals surface area contributed by atoms with Crippen molar-refractivity contribution in [1.82, 2.24) is 24.6 Å². The maximum atomic E-state index is 13.3. The van der Waals surface area contributed by atoms with E-state index < -0.39 is 5.60 Å². The second-order valence-electron chi connectivity index (χ2n) is 9.02. The molecule has 2 aliphatic rings. The van der Waals surface area contributed by atoms with Crippen molar-refractivity contribution in [1.29, 1.82) is 0 Å². The Morgan fingerprint density at radius 3 is 2.42 bits per heavy atom. The van der Waals surface area contributed by atoms with Gasteiger partial charge in [0.2, 0.25) is 0 Å². The van der Waals surface area contributed by atoms with Crippen LogP contribution in [-0.4, -0.2) is 74.9 Å². The van der Waals surface area contributed by atoms with Gasteiger partial charge in [0.15, 0.2) is 5.69 Å². The summed E-state index contributed by atoms with van der Waals surface area (Å²) in [5, 5.41) is 4.53. The van der Waals surface area contributed by atoms with Gasteiger partial charge in [0.1, 0.15) is 11.4 Å². The zero-order valence-electron chi connectivity index (χ0n) is 18.7. The summed E-state index contributed by atoms with van der Waals surface area (Å²) in [7, 11) is 1.86. The second kappa shape index (κ2) is 8.20. The molecule has 0 bridgehead atoms. The monoisotopic (exact) mass is 426 g/mol. The van der Waals surface area contributed by atoms with E-state index >= 15 is 0 Å². The van der Waals surface area contributed by atoms with Gasteiger partial charge in [0.05, 0.1) is 6.54 Å². The van der Waals surface area contributed by atoms with Gasteiger partial charge in [-0.25, -0.2) is 9.78 Å². The van der Waals surface area contributed by atoms with Crippen molar-refractivity contribution in [2.75, 3.05) is 37.6 Å². The topological polar surface area (TPSA) is 83.8 Å². The number of aryl methyl sites for hydroxylation is 1. The Balaban J connectivity index is 1.46. The third-order valence-electron chi connectivity index (χ3n) is 5.64. The smallest absolute Gasteiger partial charge is 0.410 e. The Morgan fingerprint density at radius 2 is 1.77 bits per heavy atom. The Labute approximate surface area is 182 Å². The average Bonchev–Trinajstić information content (AvgIpc) is 3.09. The minimum absolute atomic E-state index is 0.0800. The number of carbonyl (C=O) groups is 2. The predicted octanol–water partition coefficient (Wildman–Crippen LogP) is 2.07. The summed E-state index contributed by atoms with van der Waals surface area (Å²) in [6.45, 7) is 9.11. The molecule has 1 fully saturated rings. The highest BCUT2D eigenvalue weighted by molar-refractivity contribution is 5.94. The zero-order valence-corrected chi connectivity index (χ0v) is 18.7. The normalized spacial score (nSPS) is 16.8. The van der Waals surface area contributed by atoms with E-state index in [0.717, 1.165) is 30.2 Å². The molecule has 2 aromatic heterocycles. The van der Waals surface area contributed by atoms with E-state index in [1.54, 1.807) is 15.8 Å². The van der Waals surface area contributed by atoms with Crippen LogP contribution in [-0.2, 0) is 24.8 Å². The van der Waals surface area contributed by atoms with E-state index in [0.29, 0.717) is 38.3 Å². The van der Waals surface area contributed by atoms with Crippen LogP contribution in [0.25, 0.3) is 0 Å². The number of amides is 2. The van der Waals surface area contributed by atoms with Gasteiger partial charge < -0.3 is 19.4 Å². The fourth-order valence-electron chi connectivity index (χ4n) is 4.08. The Kier molecular flexibility index (Phi) is 5.60. The van der Waals surface area contributed by atoms with Gasteiger partial charge in [0.25, 0.3) is 5.91 Å². The largest absolute Gasteiger partial charge is 0.444 e. The van der Waals surface area contributed by atoms with Crippen molar-refractivity contribution < 1.29 is 14.3 Å². The highest BCUT2D eigenvalue weighted by Gasteiger charge is 2.33. The standard InChI is InChI=1S/C22H30N6O3/c1-22(2,3)31-21(30)28-10-8-17-16(15-28)19(24-25(17)4)20(29)27-13-11-26(12-14-27)18-7-5-6-9-23-18/h5-7,9H,8,10-15H2,1-4H3. The van der Waals surface area contributed by atoms with Gasteiger partial charge >= 0.3 is 6.09 Å². The summed E-state index contributed by atoms with van der Waals surface area (Å²) in [6, 6.07) is 5.85. The van der Waals surface area contributed by atoms with Crippen molar-refractivity contribution in [3.05, 3.63) is 41.3 Å². The van der Waals surface area contributed by atoms with Gasteiger partial charge in [-0.1, -0.05) is 6.07 Å². The number of fused-ring (bicyclic) bond motifs is 1. The lowest BCUT2D eigenvalue weighted by Gasteiger charge is -2.35. The average molecular weight is 427 g/mol. The van der Waals surface area contributed by atoms with E-state index in [9.17, 15) is 9.59 Å². The van der Waals surface area contributed by atoms with Crippen LogP contribution in [0.4, 0.5) is 10.6 Å². The number of hydrogen-bond acceptors (Lipinski definition) is 6. The minimum atomic E-state index is -0.557. The van der Waals surface area contributed by atoms with Crippen LogP contribution in [0.5, 0.6) is 0 Å². The fraction of sp³-hybridized carbons (Fsp3) is 0.545. The van der Waals surface area contributed by atoms with Crippen molar-refractivity contribution in [3.63, 3.8) is 0 Å². The highest BCUT2D eigenvalue weighted by Crippen LogP contribution is 2.25. The Morgan fingerprint density at radius 1 is 1.03 bits per heavy atom. The summed E-state index contributed by atoms with van der Waals surface area (Å²) in [5.74, 6) is 0.848. The molecule has 166 valence electrons. The first kappa shape index (κ1) is 21.1. The molecule has 9 heteroatoms. The van der Waals surface area contributed by atoms with E-state index in [1.807, 2.05) is 50.9 Å². The molecule has 0 unspecified atom stereocenters. The summed E-state index contributed by atoms with van der Waals surface area (Å²) < 4.78 is 7.30. The first-order chi connectivity index (χ1) is 14.7. The fourth-order valence-corrected chi connectivity index (χ4v) is 4.08. The molecule has 0 atom stereocenters. The molecule has 9 nitrogen and oxygen atoms in total. The van der Waals surface area contributed by atoms with E-state index in [-0.39, 0.29) is 12.0 Å². The molecule has 4 heterocycles. The number of aromatic nitrogens is 3. The van der Waals surface area contributed by atoms with Crippen molar-refractivity contribution >= 4 is 17.8 Å². The molecule has 31 heavy (non-hydrogen) atoms. The molecule has 0 aliphatic carbocycles. The number of ether oxygens (including phenoxy) is 1. The van der Waals surface area contributed by atoms with Crippen LogP contribution < -0.4 is 4.90 Å². The van der Waals surface area contributed by atoms with Gasteiger partial charge in [-0.2, -0.15) is 5.10 Å². The quantitative estimate of drug-likeness (QED) is 0.731. The van der Waals surface area contributed by atoms with Crippen LogP contribution in [0.3, 0.4) is 0 Å². The van der Waals surface area contributed by atoms with Crippen LogP contribution >= 0.6 is 0 Å². The number of rotatable bonds is 2. The van der Waals surface area contributed by atoms with Gasteiger partial charge in [-0.05, 0) is 32.9 Å². The van der Waals surface area contributed by atoms with Crippen molar-refractivity contribution in [3.8, 4) is 0 Å². The number of pyridine rings is 1. The number of nitrogens with zero attached hydrogens (tertiary/aromatic N) is 6. The van der Waals surface area contributed by atoms with Crippen LogP contribution in [0, 0.1) is 0 Å². The molecule has 2 aromatic rings.